The van der Waals surface area contributed by atoms with E-state index in [1.165, 1.54) is 13.2 Å². The Kier molecular flexibility index (Phi) is 5.86. The molecule has 1 aliphatic rings. The molecule has 1 saturated carbocycles. The Bertz CT molecular complexity index is 1330. The van der Waals surface area contributed by atoms with Crippen LogP contribution >= 0.6 is 0 Å². The van der Waals surface area contributed by atoms with Gasteiger partial charge in [-0.05, 0) is 66.1 Å². The number of fused-ring (bicyclic) bond motifs is 1. The third-order valence-corrected chi connectivity index (χ3v) is 6.82. The predicted molar refractivity (Wildman–Crippen MR) is 130 cm³/mol. The van der Waals surface area contributed by atoms with E-state index < -0.39 is 0 Å². The SMILES string of the molecule is COC(=O)[C@H](C)[C@H](c1ccc2cc(-c3ccc(-c4cc(OC)ccc4F)cc3)oc2c1)C1CC1. The highest BCUT2D eigenvalue weighted by Gasteiger charge is 2.39. The molecular weight excluding hydrogens is 431 g/mol. The van der Waals surface area contributed by atoms with Crippen LogP contribution in [-0.2, 0) is 9.53 Å². The maximum absolute atomic E-state index is 14.3. The van der Waals surface area contributed by atoms with Crippen molar-refractivity contribution in [3.8, 4) is 28.2 Å². The van der Waals surface area contributed by atoms with Gasteiger partial charge in [0.25, 0.3) is 0 Å². The Morgan fingerprint density at radius 2 is 1.71 bits per heavy atom. The van der Waals surface area contributed by atoms with Crippen molar-refractivity contribution in [2.45, 2.75) is 25.7 Å². The number of rotatable bonds is 7. The van der Waals surface area contributed by atoms with Gasteiger partial charge in [-0.1, -0.05) is 43.3 Å². The van der Waals surface area contributed by atoms with E-state index in [0.717, 1.165) is 46.3 Å². The highest BCUT2D eigenvalue weighted by Crippen LogP contribution is 2.47. The normalized spacial score (nSPS) is 15.2. The lowest BCUT2D eigenvalue weighted by Gasteiger charge is -2.22. The van der Waals surface area contributed by atoms with E-state index >= 15 is 0 Å². The molecule has 0 aliphatic heterocycles. The molecule has 0 amide bonds. The van der Waals surface area contributed by atoms with E-state index in [1.54, 1.807) is 19.2 Å². The largest absolute Gasteiger partial charge is 0.497 e. The minimum Gasteiger partial charge on any atom is -0.497 e. The van der Waals surface area contributed by atoms with Crippen molar-refractivity contribution in [1.29, 1.82) is 0 Å². The van der Waals surface area contributed by atoms with Gasteiger partial charge in [-0.15, -0.1) is 0 Å². The third kappa shape index (κ3) is 4.18. The number of hydrogen-bond donors (Lipinski definition) is 0. The molecule has 1 aliphatic carbocycles. The fourth-order valence-electron chi connectivity index (χ4n) is 4.82. The smallest absolute Gasteiger partial charge is 0.309 e. The summed E-state index contributed by atoms with van der Waals surface area (Å²) in [5, 5.41) is 1.00. The number of furan rings is 1. The van der Waals surface area contributed by atoms with Gasteiger partial charge in [0.1, 0.15) is 22.9 Å². The zero-order chi connectivity index (χ0) is 23.8. The lowest BCUT2D eigenvalue weighted by atomic mass is 9.83. The van der Waals surface area contributed by atoms with E-state index in [9.17, 15) is 9.18 Å². The standard InChI is InChI=1S/C29H27FO4/c1-17(29(31)33-3)28(20-8-9-20)22-11-10-21-14-26(34-27(21)15-22)19-6-4-18(5-7-19)24-16-23(32-2)12-13-25(24)30/h4-7,10-17,20,28H,8-9H2,1-3H3/t17-,28+/m1/s1. The molecule has 174 valence electrons. The fraction of sp³-hybridized carbons (Fsp3) is 0.276. The second kappa shape index (κ2) is 8.98. The number of carbonyl (C=O) groups excluding carboxylic acids is 1. The number of carbonyl (C=O) groups is 1. The summed E-state index contributed by atoms with van der Waals surface area (Å²) in [5.74, 6) is 1.32. The van der Waals surface area contributed by atoms with Gasteiger partial charge in [0.15, 0.2) is 0 Å². The molecule has 1 fully saturated rings. The van der Waals surface area contributed by atoms with Crippen LogP contribution in [0.2, 0.25) is 0 Å². The molecule has 0 bridgehead atoms. The van der Waals surface area contributed by atoms with Gasteiger partial charge in [-0.2, -0.15) is 0 Å². The fourth-order valence-corrected chi connectivity index (χ4v) is 4.82. The molecule has 34 heavy (non-hydrogen) atoms. The molecule has 0 spiro atoms. The molecule has 2 atom stereocenters. The predicted octanol–water partition coefficient (Wildman–Crippen LogP) is 7.22. The molecule has 0 unspecified atom stereocenters. The zero-order valence-corrected chi connectivity index (χ0v) is 19.5. The molecule has 5 rings (SSSR count). The van der Waals surface area contributed by atoms with Crippen molar-refractivity contribution in [1.82, 2.24) is 0 Å². The maximum atomic E-state index is 14.3. The van der Waals surface area contributed by atoms with E-state index in [4.69, 9.17) is 13.9 Å². The molecule has 4 nitrogen and oxygen atoms in total. The molecule has 0 saturated heterocycles. The summed E-state index contributed by atoms with van der Waals surface area (Å²) < 4.78 is 30.8. The van der Waals surface area contributed by atoms with Gasteiger partial charge in [0.2, 0.25) is 0 Å². The molecule has 3 aromatic carbocycles. The molecule has 1 heterocycles. The van der Waals surface area contributed by atoms with E-state index in [-0.39, 0.29) is 23.6 Å². The molecule has 0 radical (unpaired) electrons. The summed E-state index contributed by atoms with van der Waals surface area (Å²) in [6, 6.07) is 20.6. The van der Waals surface area contributed by atoms with Gasteiger partial charge in [-0.25, -0.2) is 4.39 Å². The number of methoxy groups -OCH3 is 2. The first-order valence-corrected chi connectivity index (χ1v) is 11.5. The van der Waals surface area contributed by atoms with Crippen molar-refractivity contribution in [3.05, 3.63) is 78.1 Å². The second-order valence-corrected chi connectivity index (χ2v) is 9.01. The topological polar surface area (TPSA) is 48.7 Å². The van der Waals surface area contributed by atoms with Crippen molar-refractivity contribution < 1.29 is 23.1 Å². The second-order valence-electron chi connectivity index (χ2n) is 9.01. The minimum absolute atomic E-state index is 0.127. The Balaban J connectivity index is 1.44. The zero-order valence-electron chi connectivity index (χ0n) is 19.5. The lowest BCUT2D eigenvalue weighted by molar-refractivity contribution is -0.145. The van der Waals surface area contributed by atoms with Crippen LogP contribution in [0.3, 0.4) is 0 Å². The summed E-state index contributed by atoms with van der Waals surface area (Å²) in [7, 11) is 3.01. The average molecular weight is 459 g/mol. The van der Waals surface area contributed by atoms with Crippen LogP contribution < -0.4 is 4.74 Å². The number of halogens is 1. The summed E-state index contributed by atoms with van der Waals surface area (Å²) >= 11 is 0. The molecule has 5 heteroatoms. The van der Waals surface area contributed by atoms with Gasteiger partial charge in [0.05, 0.1) is 20.1 Å². The number of hydrogen-bond acceptors (Lipinski definition) is 4. The molecule has 4 aromatic rings. The van der Waals surface area contributed by atoms with Gasteiger partial charge in [0, 0.05) is 16.5 Å². The van der Waals surface area contributed by atoms with Crippen molar-refractivity contribution >= 4 is 16.9 Å². The summed E-state index contributed by atoms with van der Waals surface area (Å²) in [5.41, 5.74) is 4.07. The highest BCUT2D eigenvalue weighted by molar-refractivity contribution is 5.84. The van der Waals surface area contributed by atoms with Crippen LogP contribution in [0, 0.1) is 17.7 Å². The number of esters is 1. The Morgan fingerprint density at radius 3 is 2.38 bits per heavy atom. The summed E-state index contributed by atoms with van der Waals surface area (Å²) in [4.78, 5) is 12.2. The quantitative estimate of drug-likeness (QED) is 0.274. The van der Waals surface area contributed by atoms with Crippen LogP contribution in [0.5, 0.6) is 5.75 Å². The van der Waals surface area contributed by atoms with Crippen molar-refractivity contribution in [3.63, 3.8) is 0 Å². The van der Waals surface area contributed by atoms with E-state index in [0.29, 0.717) is 17.2 Å². The molecule has 0 N–H and O–H groups in total. The average Bonchev–Trinajstić information content (AvgIpc) is 3.61. The van der Waals surface area contributed by atoms with Crippen LogP contribution in [0.15, 0.2) is 71.1 Å². The van der Waals surface area contributed by atoms with Crippen molar-refractivity contribution in [2.75, 3.05) is 14.2 Å². The van der Waals surface area contributed by atoms with Crippen LogP contribution in [0.4, 0.5) is 4.39 Å². The Hall–Kier alpha value is -3.60. The first-order valence-electron chi connectivity index (χ1n) is 11.5. The van der Waals surface area contributed by atoms with Gasteiger partial charge in [-0.3, -0.25) is 4.79 Å². The monoisotopic (exact) mass is 458 g/mol. The summed E-state index contributed by atoms with van der Waals surface area (Å²) in [6.07, 6.45) is 2.27. The van der Waals surface area contributed by atoms with Crippen LogP contribution in [-0.4, -0.2) is 20.2 Å². The molecular formula is C29H27FO4. The van der Waals surface area contributed by atoms with Crippen LogP contribution in [0.25, 0.3) is 33.4 Å². The highest BCUT2D eigenvalue weighted by atomic mass is 19.1. The first kappa shape index (κ1) is 22.2. The first-order chi connectivity index (χ1) is 16.5. The number of benzene rings is 3. The van der Waals surface area contributed by atoms with E-state index in [1.807, 2.05) is 37.3 Å². The third-order valence-electron chi connectivity index (χ3n) is 6.82. The summed E-state index contributed by atoms with van der Waals surface area (Å²) in [6.45, 7) is 1.94. The van der Waals surface area contributed by atoms with Gasteiger partial charge >= 0.3 is 5.97 Å². The van der Waals surface area contributed by atoms with Crippen molar-refractivity contribution in [2.24, 2.45) is 11.8 Å². The van der Waals surface area contributed by atoms with E-state index in [2.05, 4.69) is 18.2 Å². The minimum atomic E-state index is -0.295. The Morgan fingerprint density at radius 1 is 0.971 bits per heavy atom. The van der Waals surface area contributed by atoms with Gasteiger partial charge < -0.3 is 13.9 Å². The number of ether oxygens (including phenoxy) is 2. The van der Waals surface area contributed by atoms with Crippen LogP contribution in [0.1, 0.15) is 31.2 Å². The lowest BCUT2D eigenvalue weighted by Crippen LogP contribution is -2.22. The molecule has 1 aromatic heterocycles. The maximum Gasteiger partial charge on any atom is 0.309 e. The Labute approximate surface area is 198 Å².